The molecule has 0 saturated carbocycles. The molecule has 0 aliphatic carbocycles. The van der Waals surface area contributed by atoms with Crippen molar-refractivity contribution in [3.8, 4) is 0 Å². The van der Waals surface area contributed by atoms with Gasteiger partial charge in [-0.3, -0.25) is 0 Å². The Labute approximate surface area is 538 Å². The van der Waals surface area contributed by atoms with Crippen LogP contribution < -0.4 is 0 Å². The predicted molar refractivity (Wildman–Crippen MR) is 389 cm³/mol. The number of hydrogen-bond donors (Lipinski definition) is 0. The fourth-order valence-corrected chi connectivity index (χ4v) is 13.1. The molecule has 0 unspecified atom stereocenters. The van der Waals surface area contributed by atoms with Crippen molar-refractivity contribution in [1.29, 1.82) is 0 Å². The first-order valence-corrected chi connectivity index (χ1v) is 38.9. The molecular formula is C84H144N2. The van der Waals surface area contributed by atoms with Crippen LogP contribution in [0.4, 0.5) is 0 Å². The van der Waals surface area contributed by atoms with E-state index >= 15 is 0 Å². The highest BCUT2D eigenvalue weighted by Crippen LogP contribution is 2.32. The molecule has 2 nitrogen and oxygen atoms in total. The second-order valence-corrected chi connectivity index (χ2v) is 27.1. The predicted octanol–water partition coefficient (Wildman–Crippen LogP) is 29.4. The highest BCUT2D eigenvalue weighted by atomic mass is 14.8. The first-order valence-electron chi connectivity index (χ1n) is 38.9. The summed E-state index contributed by atoms with van der Waals surface area (Å²) in [5, 5.41) is 0. The van der Waals surface area contributed by atoms with Crippen LogP contribution in [0.5, 0.6) is 0 Å². The summed E-state index contributed by atoms with van der Waals surface area (Å²) in [6.07, 6.45) is 92.8. The lowest BCUT2D eigenvalue weighted by atomic mass is 9.89. The van der Waals surface area contributed by atoms with E-state index < -0.39 is 0 Å². The van der Waals surface area contributed by atoms with Gasteiger partial charge in [0.05, 0.1) is 5.57 Å². The molecule has 0 aromatic heterocycles. The third kappa shape index (κ3) is 47.8. The molecule has 0 heterocycles. The van der Waals surface area contributed by atoms with Gasteiger partial charge in [0.2, 0.25) is 0 Å². The molecule has 0 radical (unpaired) electrons. The van der Waals surface area contributed by atoms with Crippen molar-refractivity contribution in [1.82, 2.24) is 0 Å². The molecule has 0 atom stereocenters. The highest BCUT2D eigenvalue weighted by molar-refractivity contribution is 5.85. The fourth-order valence-electron chi connectivity index (χ4n) is 13.1. The van der Waals surface area contributed by atoms with Crippen LogP contribution in [0.3, 0.4) is 0 Å². The SMILES string of the molecule is CCCCCCCCCCCCCCCCCCCCCCCC=Cc1cc(C=CCCCCCCCCCCCCCCCCCCCCCCC)cc(C(=CC(=C=[N+]=[N-])CC)c2cc(CCCCCCCC)cc(CCCCCCCC)c2)c1. The summed E-state index contributed by atoms with van der Waals surface area (Å²) in [6, 6.07) is 14.8. The molecule has 2 rings (SSSR count). The van der Waals surface area contributed by atoms with Gasteiger partial charge in [-0.1, -0.05) is 398 Å². The van der Waals surface area contributed by atoms with Crippen LogP contribution in [0.2, 0.25) is 0 Å². The lowest BCUT2D eigenvalue weighted by Gasteiger charge is -2.16. The van der Waals surface area contributed by atoms with Crippen LogP contribution in [0.25, 0.3) is 23.3 Å². The topological polar surface area (TPSA) is 36.4 Å². The second kappa shape index (κ2) is 62.0. The van der Waals surface area contributed by atoms with Gasteiger partial charge in [-0.2, -0.15) is 0 Å². The van der Waals surface area contributed by atoms with Crippen molar-refractivity contribution >= 4 is 23.6 Å². The summed E-state index contributed by atoms with van der Waals surface area (Å²) in [7, 11) is 0. The van der Waals surface area contributed by atoms with Gasteiger partial charge in [0, 0.05) is 0 Å². The Balaban J connectivity index is 2.05. The zero-order valence-electron chi connectivity index (χ0n) is 58.5. The van der Waals surface area contributed by atoms with E-state index in [1.165, 1.54) is 386 Å². The maximum Gasteiger partial charge on any atom is 0.303 e. The summed E-state index contributed by atoms with van der Waals surface area (Å²) in [6.45, 7) is 11.4. The van der Waals surface area contributed by atoms with Gasteiger partial charge in [0.15, 0.2) is 0 Å². The smallest absolute Gasteiger partial charge is 0.303 e. The van der Waals surface area contributed by atoms with Gasteiger partial charge in [0.25, 0.3) is 0 Å². The quantitative estimate of drug-likeness (QED) is 0.0208. The standard InChI is InChI=1S/C84H144N2/c1-6-11-15-19-23-25-27-29-31-33-35-37-39-41-43-45-47-49-51-53-55-59-63-67-80-70-81(68-64-60-56-54-52-50-48-46-44-42-40-38-36-34-32-30-28-26-24-20-16-12-7-2)74-83(73-80)84(75-77(10-5)76-86-85)82-71-78(65-61-57-21-17-13-8-3)69-79(72-82)66-62-58-22-18-14-9-4/h63-64,67-75H,6-62,65-66H2,1-5H3. The van der Waals surface area contributed by atoms with Crippen molar-refractivity contribution in [2.45, 2.75) is 413 Å². The fraction of sp³-hybridized carbons (Fsp3) is 0.762. The number of rotatable bonds is 64. The minimum absolute atomic E-state index is 0.751. The average molecular weight is 1180 g/mol. The molecule has 0 aliphatic heterocycles. The Morgan fingerprint density at radius 1 is 0.314 bits per heavy atom. The minimum atomic E-state index is 0.751. The summed E-state index contributed by atoms with van der Waals surface area (Å²) < 4.78 is 0. The zero-order chi connectivity index (χ0) is 61.5. The lowest BCUT2D eigenvalue weighted by Crippen LogP contribution is -1.98. The van der Waals surface area contributed by atoms with Crippen LogP contribution in [0.1, 0.15) is 434 Å². The van der Waals surface area contributed by atoms with E-state index in [-0.39, 0.29) is 0 Å². The Morgan fingerprint density at radius 3 is 0.837 bits per heavy atom. The zero-order valence-corrected chi connectivity index (χ0v) is 58.5. The highest BCUT2D eigenvalue weighted by Gasteiger charge is 2.13. The summed E-state index contributed by atoms with van der Waals surface area (Å²) in [5.41, 5.74) is 19.9. The van der Waals surface area contributed by atoms with E-state index in [4.69, 9.17) is 0 Å². The Hall–Kier alpha value is -3.18. The van der Waals surface area contributed by atoms with Crippen molar-refractivity contribution in [2.24, 2.45) is 0 Å². The van der Waals surface area contributed by atoms with Gasteiger partial charge in [-0.05, 0) is 121 Å². The number of benzene rings is 2. The Kier molecular flexibility index (Phi) is 56.9. The van der Waals surface area contributed by atoms with Gasteiger partial charge in [-0.25, -0.2) is 0 Å². The molecule has 2 heteroatoms. The van der Waals surface area contributed by atoms with E-state index in [1.807, 2.05) is 0 Å². The molecule has 0 bridgehead atoms. The second-order valence-electron chi connectivity index (χ2n) is 27.1. The van der Waals surface area contributed by atoms with Gasteiger partial charge in [0.1, 0.15) is 0 Å². The maximum atomic E-state index is 9.80. The number of nitrogens with zero attached hydrogens (tertiary/aromatic N) is 2. The molecule has 490 valence electrons. The lowest BCUT2D eigenvalue weighted by molar-refractivity contribution is 0.00749. The van der Waals surface area contributed by atoms with Crippen molar-refractivity contribution in [3.63, 3.8) is 0 Å². The summed E-state index contributed by atoms with van der Waals surface area (Å²) >= 11 is 0. The minimum Gasteiger partial charge on any atom is -0.348 e. The molecule has 2 aromatic carbocycles. The first kappa shape index (κ1) is 78.9. The molecule has 0 fully saturated rings. The largest absolute Gasteiger partial charge is 0.348 e. The maximum absolute atomic E-state index is 9.80. The third-order valence-electron chi connectivity index (χ3n) is 18.8. The molecule has 0 spiro atoms. The van der Waals surface area contributed by atoms with Gasteiger partial charge in [-0.15, -0.1) is 4.79 Å². The Bertz CT molecular complexity index is 1870. The van der Waals surface area contributed by atoms with Gasteiger partial charge < -0.3 is 5.53 Å². The van der Waals surface area contributed by atoms with E-state index in [0.29, 0.717) is 0 Å². The van der Waals surface area contributed by atoms with Crippen LogP contribution in [0.15, 0.2) is 60.2 Å². The normalized spacial score (nSPS) is 11.9. The summed E-state index contributed by atoms with van der Waals surface area (Å²) in [5.74, 6) is 2.96. The van der Waals surface area contributed by atoms with Crippen LogP contribution in [-0.2, 0) is 12.8 Å². The Morgan fingerprint density at radius 2 is 0.570 bits per heavy atom. The van der Waals surface area contributed by atoms with Crippen LogP contribution >= 0.6 is 0 Å². The molecule has 0 aliphatic rings. The number of allylic oxidation sites excluding steroid dienone is 4. The number of hydrogen-bond acceptors (Lipinski definition) is 0. The molecule has 0 saturated heterocycles. The van der Waals surface area contributed by atoms with Gasteiger partial charge >= 0.3 is 5.87 Å². The average Bonchev–Trinajstić information content (AvgIpc) is 2.02. The van der Waals surface area contributed by atoms with E-state index in [2.05, 4.69) is 112 Å². The monoisotopic (exact) mass is 1180 g/mol. The first-order chi connectivity index (χ1) is 42.6. The number of aryl methyl sites for hydroxylation is 2. The number of unbranched alkanes of at least 4 members (excludes halogenated alkanes) is 52. The van der Waals surface area contributed by atoms with E-state index in [1.54, 1.807) is 0 Å². The van der Waals surface area contributed by atoms with Crippen LogP contribution in [0, 0.1) is 0 Å². The molecule has 0 N–H and O–H groups in total. The van der Waals surface area contributed by atoms with E-state index in [9.17, 15) is 5.53 Å². The van der Waals surface area contributed by atoms with Crippen molar-refractivity contribution in [2.75, 3.05) is 0 Å². The van der Waals surface area contributed by atoms with Crippen LogP contribution in [-0.4, -0.2) is 10.7 Å². The molecule has 0 amide bonds. The van der Waals surface area contributed by atoms with Crippen molar-refractivity contribution in [3.05, 3.63) is 99.1 Å². The van der Waals surface area contributed by atoms with E-state index in [0.717, 1.165) is 37.7 Å². The molecule has 2 aromatic rings. The molecular weight excluding hydrogens is 1040 g/mol. The summed E-state index contributed by atoms with van der Waals surface area (Å²) in [4.78, 5) is 3.44. The van der Waals surface area contributed by atoms with Crippen molar-refractivity contribution < 1.29 is 4.79 Å². The molecule has 86 heavy (non-hydrogen) atoms. The third-order valence-corrected chi connectivity index (χ3v) is 18.8.